The number of nitrogens with zero attached hydrogens (tertiary/aromatic N) is 3. The minimum atomic E-state index is -0.243. The maximum Gasteiger partial charge on any atom is 0.234 e. The second-order valence-electron chi connectivity index (χ2n) is 6.66. The number of anilines is 1. The summed E-state index contributed by atoms with van der Waals surface area (Å²) in [6.07, 6.45) is 1.76. The Hall–Kier alpha value is -3.17. The number of carbonyl (C=O) groups is 1. The van der Waals surface area contributed by atoms with E-state index in [1.807, 2.05) is 35.8 Å². The van der Waals surface area contributed by atoms with Gasteiger partial charge in [-0.3, -0.25) is 9.36 Å². The van der Waals surface area contributed by atoms with E-state index in [2.05, 4.69) is 22.1 Å². The van der Waals surface area contributed by atoms with Gasteiger partial charge in [0.1, 0.15) is 17.2 Å². The van der Waals surface area contributed by atoms with E-state index < -0.39 is 0 Å². The van der Waals surface area contributed by atoms with E-state index in [-0.39, 0.29) is 11.7 Å². The number of allylic oxidation sites excluding steroid dienone is 1. The summed E-state index contributed by atoms with van der Waals surface area (Å²) in [6, 6.07) is 10.8. The van der Waals surface area contributed by atoms with Crippen molar-refractivity contribution in [3.8, 4) is 28.6 Å². The molecular weight excluding hydrogens is 464 g/mol. The molecule has 0 aliphatic heterocycles. The largest absolute Gasteiger partial charge is 0.495 e. The third-order valence-electron chi connectivity index (χ3n) is 4.54. The lowest BCUT2D eigenvalue weighted by atomic mass is 10.2. The van der Waals surface area contributed by atoms with Crippen LogP contribution in [0, 0.1) is 0 Å². The summed E-state index contributed by atoms with van der Waals surface area (Å²) in [4.78, 5) is 12.7. The Labute approximate surface area is 201 Å². The Balaban J connectivity index is 1.79. The number of hydrogen-bond donors (Lipinski definition) is 1. The van der Waals surface area contributed by atoms with Crippen LogP contribution < -0.4 is 19.5 Å². The number of benzene rings is 2. The van der Waals surface area contributed by atoms with Crippen LogP contribution in [-0.4, -0.2) is 47.3 Å². The highest BCUT2D eigenvalue weighted by molar-refractivity contribution is 7.99. The van der Waals surface area contributed by atoms with E-state index in [4.69, 9.17) is 25.8 Å². The lowest BCUT2D eigenvalue weighted by molar-refractivity contribution is -0.113. The Morgan fingerprint density at radius 1 is 1.18 bits per heavy atom. The molecule has 8 nitrogen and oxygen atoms in total. The zero-order valence-corrected chi connectivity index (χ0v) is 20.2. The molecule has 0 saturated carbocycles. The van der Waals surface area contributed by atoms with Crippen molar-refractivity contribution in [2.75, 3.05) is 31.9 Å². The normalized spacial score (nSPS) is 10.5. The highest BCUT2D eigenvalue weighted by Gasteiger charge is 2.19. The number of hydrogen-bond acceptors (Lipinski definition) is 7. The van der Waals surface area contributed by atoms with Gasteiger partial charge in [0.15, 0.2) is 11.0 Å². The molecule has 0 radical (unpaired) electrons. The minimum absolute atomic E-state index is 0.108. The molecule has 0 spiro atoms. The van der Waals surface area contributed by atoms with Gasteiger partial charge in [-0.2, -0.15) is 0 Å². The van der Waals surface area contributed by atoms with Crippen molar-refractivity contribution in [2.24, 2.45) is 0 Å². The van der Waals surface area contributed by atoms with Gasteiger partial charge in [-0.1, -0.05) is 41.6 Å². The smallest absolute Gasteiger partial charge is 0.234 e. The summed E-state index contributed by atoms with van der Waals surface area (Å²) in [5.41, 5.74) is 1.28. The molecule has 174 valence electrons. The fourth-order valence-corrected chi connectivity index (χ4v) is 4.07. The summed E-state index contributed by atoms with van der Waals surface area (Å²) in [5.74, 6) is 2.10. The zero-order chi connectivity index (χ0) is 23.8. The number of carbonyl (C=O) groups excluding carboxylic acids is 1. The van der Waals surface area contributed by atoms with Crippen LogP contribution in [0.15, 0.2) is 54.2 Å². The fourth-order valence-electron chi connectivity index (χ4n) is 3.10. The molecule has 1 amide bonds. The van der Waals surface area contributed by atoms with Crippen molar-refractivity contribution in [1.29, 1.82) is 0 Å². The Morgan fingerprint density at radius 3 is 2.64 bits per heavy atom. The van der Waals surface area contributed by atoms with Gasteiger partial charge < -0.3 is 19.5 Å². The lowest BCUT2D eigenvalue weighted by Gasteiger charge is -2.13. The van der Waals surface area contributed by atoms with Crippen LogP contribution in [0.2, 0.25) is 5.02 Å². The van der Waals surface area contributed by atoms with Gasteiger partial charge in [-0.05, 0) is 19.1 Å². The first-order chi connectivity index (χ1) is 16.0. The molecule has 10 heteroatoms. The lowest BCUT2D eigenvalue weighted by Crippen LogP contribution is -2.15. The van der Waals surface area contributed by atoms with Gasteiger partial charge in [0, 0.05) is 18.7 Å². The van der Waals surface area contributed by atoms with Crippen LogP contribution in [-0.2, 0) is 11.3 Å². The minimum Gasteiger partial charge on any atom is -0.495 e. The summed E-state index contributed by atoms with van der Waals surface area (Å²) >= 11 is 7.40. The number of ether oxygens (including phenoxy) is 3. The van der Waals surface area contributed by atoms with Gasteiger partial charge in [-0.25, -0.2) is 0 Å². The van der Waals surface area contributed by atoms with Crippen LogP contribution >= 0.6 is 23.4 Å². The van der Waals surface area contributed by atoms with Crippen molar-refractivity contribution in [1.82, 2.24) is 14.8 Å². The molecule has 0 aliphatic rings. The SMILES string of the molecule is C=CCn1c(SCC(=O)Nc2cc(OC)c(Cl)cc2OC)nnc1-c1ccccc1OCC. The quantitative estimate of drug-likeness (QED) is 0.302. The molecule has 2 aromatic carbocycles. The van der Waals surface area contributed by atoms with Gasteiger partial charge in [0.05, 0.1) is 42.9 Å². The van der Waals surface area contributed by atoms with Crippen molar-refractivity contribution in [2.45, 2.75) is 18.6 Å². The molecule has 0 fully saturated rings. The van der Waals surface area contributed by atoms with Crippen LogP contribution in [0.5, 0.6) is 17.2 Å². The molecule has 0 atom stereocenters. The summed E-state index contributed by atoms with van der Waals surface area (Å²) < 4.78 is 18.2. The molecule has 1 N–H and O–H groups in total. The maximum absolute atomic E-state index is 12.7. The highest BCUT2D eigenvalue weighted by Crippen LogP contribution is 2.36. The van der Waals surface area contributed by atoms with Gasteiger partial charge in [-0.15, -0.1) is 16.8 Å². The standard InChI is InChI=1S/C23H25ClN4O4S/c1-5-11-28-22(15-9-7-8-10-18(15)32-6-2)26-27-23(28)33-14-21(29)25-17-13-19(30-3)16(24)12-20(17)31-4/h5,7-10,12-13H,1,6,11,14H2,2-4H3,(H,25,29). The molecule has 3 rings (SSSR count). The van der Waals surface area contributed by atoms with Gasteiger partial charge in [0.25, 0.3) is 0 Å². The average Bonchev–Trinajstić information content (AvgIpc) is 3.21. The topological polar surface area (TPSA) is 87.5 Å². The predicted octanol–water partition coefficient (Wildman–Crippen LogP) is 4.93. The van der Waals surface area contributed by atoms with E-state index in [9.17, 15) is 4.79 Å². The molecule has 33 heavy (non-hydrogen) atoms. The summed E-state index contributed by atoms with van der Waals surface area (Å²) in [5, 5.41) is 12.5. The number of para-hydroxylation sites is 1. The molecule has 3 aromatic rings. The predicted molar refractivity (Wildman–Crippen MR) is 131 cm³/mol. The highest BCUT2D eigenvalue weighted by atomic mass is 35.5. The van der Waals surface area contributed by atoms with Crippen molar-refractivity contribution in [3.05, 3.63) is 54.1 Å². The monoisotopic (exact) mass is 488 g/mol. The Kier molecular flexibility index (Phi) is 8.62. The summed E-state index contributed by atoms with van der Waals surface area (Å²) in [6.45, 7) is 6.77. The zero-order valence-electron chi connectivity index (χ0n) is 18.6. The fraction of sp³-hybridized carbons (Fsp3) is 0.261. The molecule has 0 aliphatic carbocycles. The van der Waals surface area contributed by atoms with Crippen LogP contribution in [0.25, 0.3) is 11.4 Å². The van der Waals surface area contributed by atoms with E-state index in [0.29, 0.717) is 46.3 Å². The number of nitrogens with one attached hydrogen (secondary N) is 1. The molecular formula is C23H25ClN4O4S. The second kappa shape index (κ2) is 11.6. The van der Waals surface area contributed by atoms with Gasteiger partial charge >= 0.3 is 0 Å². The number of aromatic nitrogens is 3. The van der Waals surface area contributed by atoms with Crippen molar-refractivity contribution < 1.29 is 19.0 Å². The molecule has 1 heterocycles. The first-order valence-corrected chi connectivity index (χ1v) is 11.5. The average molecular weight is 489 g/mol. The van der Waals surface area contributed by atoms with Crippen LogP contribution in [0.3, 0.4) is 0 Å². The van der Waals surface area contributed by atoms with Crippen LogP contribution in [0.1, 0.15) is 6.92 Å². The van der Waals surface area contributed by atoms with E-state index in [1.165, 1.54) is 26.0 Å². The van der Waals surface area contributed by atoms with Crippen LogP contribution in [0.4, 0.5) is 5.69 Å². The second-order valence-corrected chi connectivity index (χ2v) is 8.01. The maximum atomic E-state index is 12.7. The van der Waals surface area contributed by atoms with E-state index >= 15 is 0 Å². The van der Waals surface area contributed by atoms with Gasteiger partial charge in [0.2, 0.25) is 5.91 Å². The van der Waals surface area contributed by atoms with Crippen molar-refractivity contribution >= 4 is 35.0 Å². The van der Waals surface area contributed by atoms with E-state index in [0.717, 1.165) is 11.3 Å². The first-order valence-electron chi connectivity index (χ1n) is 10.1. The summed E-state index contributed by atoms with van der Waals surface area (Å²) in [7, 11) is 3.00. The number of methoxy groups -OCH3 is 2. The third kappa shape index (κ3) is 5.80. The molecule has 0 saturated heterocycles. The Bertz CT molecular complexity index is 1140. The third-order valence-corrected chi connectivity index (χ3v) is 5.80. The number of amides is 1. The first kappa shape index (κ1) is 24.5. The van der Waals surface area contributed by atoms with Crippen molar-refractivity contribution in [3.63, 3.8) is 0 Å². The molecule has 0 bridgehead atoms. The van der Waals surface area contributed by atoms with E-state index in [1.54, 1.807) is 18.2 Å². The molecule has 1 aromatic heterocycles. The molecule has 0 unspecified atom stereocenters. The number of halogens is 1. The number of thioether (sulfide) groups is 1. The Morgan fingerprint density at radius 2 is 1.94 bits per heavy atom. The number of rotatable bonds is 11.